The Kier molecular flexibility index (Phi) is 18.3. The molecule has 1 rings (SSSR count). The predicted molar refractivity (Wildman–Crippen MR) is 187 cm³/mol. The minimum Gasteiger partial charge on any atom is -0.481 e. The Morgan fingerprint density at radius 2 is 1.47 bits per heavy atom. The summed E-state index contributed by atoms with van der Waals surface area (Å²) in [6.45, 7) is 15.2. The molecule has 51 heavy (non-hydrogen) atoms. The second-order valence-electron chi connectivity index (χ2n) is 15.2. The summed E-state index contributed by atoms with van der Waals surface area (Å²) in [6.07, 6.45) is 3.60. The zero-order chi connectivity index (χ0) is 39.0. The zero-order valence-electron chi connectivity index (χ0n) is 31.4. The van der Waals surface area contributed by atoms with Crippen LogP contribution in [0.25, 0.3) is 0 Å². The van der Waals surface area contributed by atoms with Gasteiger partial charge in [0.15, 0.2) is 0 Å². The number of ether oxygens (including phenoxy) is 3. The van der Waals surface area contributed by atoms with Crippen molar-refractivity contribution in [2.24, 2.45) is 22.5 Å². The Labute approximate surface area is 301 Å². The van der Waals surface area contributed by atoms with Crippen LogP contribution < -0.4 is 21.7 Å². The SMILES string of the molecule is CCC(C)(OC(=O)C1CCC1(C)C)C(C)(C)CCOC(C)(N)CCOCCC(=O)NCCCC[C@H](NC(=O)N[C@@H](CCC(=O)O)C(=O)O)C(=O)O. The highest BCUT2D eigenvalue weighted by molar-refractivity contribution is 5.86. The fourth-order valence-electron chi connectivity index (χ4n) is 5.63. The molecule has 0 radical (unpaired) electrons. The number of carbonyl (C=O) groups excluding carboxylic acids is 3. The first-order valence-electron chi connectivity index (χ1n) is 17.8. The van der Waals surface area contributed by atoms with Crippen molar-refractivity contribution in [2.45, 2.75) is 143 Å². The Bertz CT molecular complexity index is 1190. The van der Waals surface area contributed by atoms with Crippen LogP contribution in [-0.4, -0.2) is 101 Å². The molecule has 1 aliphatic carbocycles. The number of nitrogens with one attached hydrogen (secondary N) is 3. The van der Waals surface area contributed by atoms with E-state index in [9.17, 15) is 33.9 Å². The van der Waals surface area contributed by atoms with E-state index >= 15 is 0 Å². The number of hydrogen-bond acceptors (Lipinski definition) is 10. The molecular formula is C35H62N4O12. The van der Waals surface area contributed by atoms with E-state index in [0.29, 0.717) is 38.7 Å². The van der Waals surface area contributed by atoms with Crippen molar-refractivity contribution < 1.29 is 58.3 Å². The molecule has 0 aliphatic heterocycles. The molecule has 0 aromatic rings. The second kappa shape index (κ2) is 20.5. The van der Waals surface area contributed by atoms with Gasteiger partial charge in [-0.15, -0.1) is 0 Å². The molecule has 3 unspecified atom stereocenters. The standard InChI is InChI=1S/C35H62N4O12/c1-8-34(6,51-30(47)23-14-16-32(23,2)3)33(4,5)17-22-50-35(7,36)18-21-49-20-15-26(40)37-19-10-9-11-24(28(43)44)38-31(48)39-25(29(45)46)12-13-27(41)42/h23-25H,8-22,36H2,1-7H3,(H,37,40)(H,41,42)(H,43,44)(H,45,46)(H2,38,39,48)/t23?,24-,25-,34?,35?/m0/s1. The minimum absolute atomic E-state index is 0.0241. The molecule has 1 saturated carbocycles. The van der Waals surface area contributed by atoms with E-state index in [0.717, 1.165) is 12.8 Å². The first-order valence-corrected chi connectivity index (χ1v) is 17.8. The Morgan fingerprint density at radius 3 is 1.98 bits per heavy atom. The van der Waals surface area contributed by atoms with E-state index in [1.165, 1.54) is 0 Å². The molecule has 1 aliphatic rings. The van der Waals surface area contributed by atoms with Crippen molar-refractivity contribution in [1.29, 1.82) is 0 Å². The molecule has 0 bridgehead atoms. The van der Waals surface area contributed by atoms with Gasteiger partial charge < -0.3 is 51.2 Å². The molecule has 0 spiro atoms. The fourth-order valence-corrected chi connectivity index (χ4v) is 5.63. The van der Waals surface area contributed by atoms with Crippen LogP contribution in [0, 0.1) is 16.7 Å². The van der Waals surface area contributed by atoms with Gasteiger partial charge in [0.25, 0.3) is 0 Å². The molecule has 16 heteroatoms. The Balaban J connectivity index is 2.30. The van der Waals surface area contributed by atoms with Crippen LogP contribution in [0.1, 0.15) is 119 Å². The number of carboxylic acids is 3. The number of esters is 1. The molecule has 3 amide bonds. The fraction of sp³-hybridized carbons (Fsp3) is 0.829. The maximum absolute atomic E-state index is 13.0. The van der Waals surface area contributed by atoms with Crippen LogP contribution in [0.3, 0.4) is 0 Å². The van der Waals surface area contributed by atoms with Crippen molar-refractivity contribution in [3.8, 4) is 0 Å². The number of urea groups is 1. The molecule has 8 N–H and O–H groups in total. The number of carbonyl (C=O) groups is 6. The highest BCUT2D eigenvalue weighted by Gasteiger charge is 2.49. The molecule has 5 atom stereocenters. The highest BCUT2D eigenvalue weighted by Crippen LogP contribution is 2.48. The molecule has 0 saturated heterocycles. The summed E-state index contributed by atoms with van der Waals surface area (Å²) in [7, 11) is 0. The van der Waals surface area contributed by atoms with Crippen molar-refractivity contribution in [1.82, 2.24) is 16.0 Å². The van der Waals surface area contributed by atoms with Crippen LogP contribution in [0.5, 0.6) is 0 Å². The summed E-state index contributed by atoms with van der Waals surface area (Å²) >= 11 is 0. The number of carboxylic acid groups (broad SMARTS) is 3. The number of unbranched alkanes of at least 4 members (excludes halogenated alkanes) is 1. The van der Waals surface area contributed by atoms with Crippen molar-refractivity contribution in [3.05, 3.63) is 0 Å². The molecule has 0 aromatic heterocycles. The second-order valence-corrected chi connectivity index (χ2v) is 15.2. The molecule has 0 aromatic carbocycles. The van der Waals surface area contributed by atoms with Gasteiger partial charge in [-0.1, -0.05) is 34.6 Å². The number of aliphatic carboxylic acids is 3. The largest absolute Gasteiger partial charge is 0.481 e. The summed E-state index contributed by atoms with van der Waals surface area (Å²) in [5.41, 5.74) is 4.33. The first kappa shape index (κ1) is 45.5. The summed E-state index contributed by atoms with van der Waals surface area (Å²) in [5.74, 6) is -4.46. The molecule has 16 nitrogen and oxygen atoms in total. The topological polar surface area (TPSA) is 253 Å². The van der Waals surface area contributed by atoms with Crippen LogP contribution in [0.4, 0.5) is 4.79 Å². The van der Waals surface area contributed by atoms with Gasteiger partial charge in [-0.25, -0.2) is 14.4 Å². The first-order chi connectivity index (χ1) is 23.6. The lowest BCUT2D eigenvalue weighted by Crippen LogP contribution is -2.51. The Morgan fingerprint density at radius 1 is 0.863 bits per heavy atom. The monoisotopic (exact) mass is 730 g/mol. The van der Waals surface area contributed by atoms with Gasteiger partial charge in [0.1, 0.15) is 23.4 Å². The summed E-state index contributed by atoms with van der Waals surface area (Å²) in [5, 5.41) is 34.2. The van der Waals surface area contributed by atoms with Gasteiger partial charge in [0, 0.05) is 37.8 Å². The summed E-state index contributed by atoms with van der Waals surface area (Å²) in [6, 6.07) is -3.84. The smallest absolute Gasteiger partial charge is 0.326 e. The van der Waals surface area contributed by atoms with E-state index in [1.807, 2.05) is 13.8 Å². The minimum atomic E-state index is -1.49. The van der Waals surface area contributed by atoms with Gasteiger partial charge >= 0.3 is 29.9 Å². The lowest BCUT2D eigenvalue weighted by atomic mass is 9.62. The van der Waals surface area contributed by atoms with Gasteiger partial charge in [-0.05, 0) is 70.6 Å². The summed E-state index contributed by atoms with van der Waals surface area (Å²) in [4.78, 5) is 70.7. The van der Waals surface area contributed by atoms with Gasteiger partial charge in [0.05, 0.1) is 19.1 Å². The highest BCUT2D eigenvalue weighted by atomic mass is 16.6. The quantitative estimate of drug-likeness (QED) is 0.0383. The van der Waals surface area contributed by atoms with E-state index in [1.54, 1.807) is 6.92 Å². The lowest BCUT2D eigenvalue weighted by molar-refractivity contribution is -0.190. The Hall–Kier alpha value is -3.50. The number of amides is 3. The summed E-state index contributed by atoms with van der Waals surface area (Å²) < 4.78 is 17.7. The van der Waals surface area contributed by atoms with Crippen LogP contribution in [-0.2, 0) is 38.2 Å². The predicted octanol–water partition coefficient (Wildman–Crippen LogP) is 3.40. The third kappa shape index (κ3) is 16.2. The van der Waals surface area contributed by atoms with Crippen molar-refractivity contribution in [3.63, 3.8) is 0 Å². The van der Waals surface area contributed by atoms with Crippen LogP contribution >= 0.6 is 0 Å². The third-order valence-electron chi connectivity index (χ3n) is 10.2. The molecular weight excluding hydrogens is 668 g/mol. The van der Waals surface area contributed by atoms with E-state index in [4.69, 9.17) is 30.2 Å². The lowest BCUT2D eigenvalue weighted by Gasteiger charge is -2.48. The van der Waals surface area contributed by atoms with Gasteiger partial charge in [-0.2, -0.15) is 0 Å². The average molecular weight is 731 g/mol. The average Bonchev–Trinajstić information content (AvgIpc) is 3.00. The van der Waals surface area contributed by atoms with Crippen molar-refractivity contribution >= 4 is 35.8 Å². The zero-order valence-corrected chi connectivity index (χ0v) is 31.4. The molecule has 1 fully saturated rings. The maximum Gasteiger partial charge on any atom is 0.326 e. The van der Waals surface area contributed by atoms with Gasteiger partial charge in [0.2, 0.25) is 5.91 Å². The number of nitrogens with two attached hydrogens (primary N) is 1. The van der Waals surface area contributed by atoms with E-state index in [2.05, 4.69) is 43.6 Å². The van der Waals surface area contributed by atoms with Crippen LogP contribution in [0.2, 0.25) is 0 Å². The maximum atomic E-state index is 13.0. The molecule has 294 valence electrons. The van der Waals surface area contributed by atoms with E-state index < -0.39 is 53.8 Å². The van der Waals surface area contributed by atoms with Crippen molar-refractivity contribution in [2.75, 3.05) is 26.4 Å². The normalized spacial score (nSPS) is 18.9. The third-order valence-corrected chi connectivity index (χ3v) is 10.2. The number of hydrogen-bond donors (Lipinski definition) is 7. The number of rotatable bonds is 26. The van der Waals surface area contributed by atoms with Crippen LogP contribution in [0.15, 0.2) is 0 Å². The van der Waals surface area contributed by atoms with Gasteiger partial charge in [-0.3, -0.25) is 14.4 Å². The van der Waals surface area contributed by atoms with E-state index in [-0.39, 0.29) is 67.6 Å². The molecule has 0 heterocycles.